The summed E-state index contributed by atoms with van der Waals surface area (Å²) in [5.41, 5.74) is 6.81. The number of halogens is 2. The number of nitro benzene ring substituents is 1. The van der Waals surface area contributed by atoms with Crippen molar-refractivity contribution in [3.63, 3.8) is 0 Å². The van der Waals surface area contributed by atoms with Gasteiger partial charge in [-0.15, -0.1) is 12.4 Å². The zero-order valence-corrected chi connectivity index (χ0v) is 10.7. The first-order chi connectivity index (χ1) is 7.59. The van der Waals surface area contributed by atoms with E-state index in [2.05, 4.69) is 0 Å². The maximum Gasteiger partial charge on any atom is 0.269 e. The molecule has 2 rings (SSSR count). The summed E-state index contributed by atoms with van der Waals surface area (Å²) in [6.07, 6.45) is 3.35. The van der Waals surface area contributed by atoms with E-state index < -0.39 is 4.92 Å². The van der Waals surface area contributed by atoms with Gasteiger partial charge in [-0.25, -0.2) is 0 Å². The molecule has 1 saturated carbocycles. The number of rotatable bonds is 3. The summed E-state index contributed by atoms with van der Waals surface area (Å²) < 4.78 is 0. The lowest BCUT2D eigenvalue weighted by Crippen LogP contribution is -2.27. The molecule has 0 radical (unpaired) electrons. The maximum atomic E-state index is 10.7. The molecule has 4 nitrogen and oxygen atoms in total. The second kappa shape index (κ2) is 5.67. The quantitative estimate of drug-likeness (QED) is 0.679. The normalized spacial score (nSPS) is 16.8. The highest BCUT2D eigenvalue weighted by Crippen LogP contribution is 2.39. The maximum absolute atomic E-state index is 10.7. The Labute approximate surface area is 111 Å². The molecule has 1 aliphatic carbocycles. The van der Waals surface area contributed by atoms with Gasteiger partial charge in [-0.3, -0.25) is 10.1 Å². The van der Waals surface area contributed by atoms with Crippen LogP contribution in [0, 0.1) is 16.0 Å². The van der Waals surface area contributed by atoms with Crippen molar-refractivity contribution in [2.45, 2.75) is 25.3 Å². The Morgan fingerprint density at radius 1 is 1.47 bits per heavy atom. The SMILES string of the molecule is Cl.N[C@H](c1cc([N+](=O)[O-])ccc1Cl)C1CCC1. The van der Waals surface area contributed by atoms with Gasteiger partial charge in [0.05, 0.1) is 4.92 Å². The van der Waals surface area contributed by atoms with Gasteiger partial charge in [0, 0.05) is 23.2 Å². The first-order valence-corrected chi connectivity index (χ1v) is 5.67. The lowest BCUT2D eigenvalue weighted by atomic mass is 9.77. The summed E-state index contributed by atoms with van der Waals surface area (Å²) in [6.45, 7) is 0. The van der Waals surface area contributed by atoms with Gasteiger partial charge >= 0.3 is 0 Å². The van der Waals surface area contributed by atoms with Crippen LogP contribution >= 0.6 is 24.0 Å². The smallest absolute Gasteiger partial charge is 0.269 e. The summed E-state index contributed by atoms with van der Waals surface area (Å²) >= 11 is 6.02. The van der Waals surface area contributed by atoms with Crippen molar-refractivity contribution >= 4 is 29.7 Å². The summed E-state index contributed by atoms with van der Waals surface area (Å²) in [6, 6.07) is 4.26. The molecular weight excluding hydrogens is 263 g/mol. The molecule has 0 saturated heterocycles. The van der Waals surface area contributed by atoms with Gasteiger partial charge < -0.3 is 5.73 Å². The van der Waals surface area contributed by atoms with Crippen molar-refractivity contribution in [1.29, 1.82) is 0 Å². The molecule has 1 aromatic rings. The average Bonchev–Trinajstić information content (AvgIpc) is 2.15. The molecule has 17 heavy (non-hydrogen) atoms. The van der Waals surface area contributed by atoms with Crippen LogP contribution < -0.4 is 5.73 Å². The predicted molar refractivity (Wildman–Crippen MR) is 69.6 cm³/mol. The second-order valence-corrected chi connectivity index (χ2v) is 4.59. The number of benzene rings is 1. The van der Waals surface area contributed by atoms with Gasteiger partial charge in [0.15, 0.2) is 0 Å². The van der Waals surface area contributed by atoms with Crippen LogP contribution in [0.5, 0.6) is 0 Å². The average molecular weight is 277 g/mol. The van der Waals surface area contributed by atoms with Gasteiger partial charge in [-0.2, -0.15) is 0 Å². The number of non-ortho nitro benzene ring substituents is 1. The van der Waals surface area contributed by atoms with E-state index in [9.17, 15) is 10.1 Å². The van der Waals surface area contributed by atoms with Crippen molar-refractivity contribution in [2.24, 2.45) is 11.7 Å². The molecule has 1 atom stereocenters. The van der Waals surface area contributed by atoms with Crippen molar-refractivity contribution < 1.29 is 4.92 Å². The summed E-state index contributed by atoms with van der Waals surface area (Å²) in [4.78, 5) is 10.2. The number of nitro groups is 1. The van der Waals surface area contributed by atoms with Crippen molar-refractivity contribution in [2.75, 3.05) is 0 Å². The summed E-state index contributed by atoms with van der Waals surface area (Å²) in [7, 11) is 0. The van der Waals surface area contributed by atoms with Crippen LogP contribution in [-0.2, 0) is 0 Å². The molecule has 1 aliphatic rings. The van der Waals surface area contributed by atoms with Crippen LogP contribution in [0.2, 0.25) is 5.02 Å². The molecule has 0 aliphatic heterocycles. The highest BCUT2D eigenvalue weighted by atomic mass is 35.5. The molecule has 2 N–H and O–H groups in total. The third-order valence-electron chi connectivity index (χ3n) is 3.21. The van der Waals surface area contributed by atoms with Crippen LogP contribution in [0.1, 0.15) is 30.9 Å². The Bertz CT molecular complexity index is 422. The molecule has 0 bridgehead atoms. The molecular formula is C11H14Cl2N2O2. The van der Waals surface area contributed by atoms with Crippen LogP contribution in [0.15, 0.2) is 18.2 Å². The molecule has 94 valence electrons. The molecule has 6 heteroatoms. The number of nitrogens with two attached hydrogens (primary N) is 1. The topological polar surface area (TPSA) is 69.2 Å². The van der Waals surface area contributed by atoms with Crippen LogP contribution in [-0.4, -0.2) is 4.92 Å². The first-order valence-electron chi connectivity index (χ1n) is 5.29. The molecule has 0 heterocycles. The third kappa shape index (κ3) is 2.89. The fourth-order valence-electron chi connectivity index (χ4n) is 1.95. The van der Waals surface area contributed by atoms with E-state index in [1.165, 1.54) is 18.6 Å². The molecule has 1 aromatic carbocycles. The molecule has 0 unspecified atom stereocenters. The Hall–Kier alpha value is -0.840. The van der Waals surface area contributed by atoms with Crippen molar-refractivity contribution in [3.8, 4) is 0 Å². The van der Waals surface area contributed by atoms with Crippen molar-refractivity contribution in [3.05, 3.63) is 38.9 Å². The highest BCUT2D eigenvalue weighted by molar-refractivity contribution is 6.31. The number of hydrogen-bond donors (Lipinski definition) is 1. The van der Waals surface area contributed by atoms with E-state index in [1.807, 2.05) is 0 Å². The lowest BCUT2D eigenvalue weighted by molar-refractivity contribution is -0.384. The molecule has 0 spiro atoms. The third-order valence-corrected chi connectivity index (χ3v) is 3.55. The minimum atomic E-state index is -0.423. The first kappa shape index (κ1) is 14.2. The Balaban J connectivity index is 0.00000144. The zero-order valence-electron chi connectivity index (χ0n) is 9.14. The van der Waals surface area contributed by atoms with Crippen LogP contribution in [0.25, 0.3) is 0 Å². The fraction of sp³-hybridized carbons (Fsp3) is 0.455. The largest absolute Gasteiger partial charge is 0.324 e. The minimum Gasteiger partial charge on any atom is -0.324 e. The predicted octanol–water partition coefficient (Wildman–Crippen LogP) is 3.47. The fourth-order valence-corrected chi connectivity index (χ4v) is 2.20. The van der Waals surface area contributed by atoms with Gasteiger partial charge in [0.25, 0.3) is 5.69 Å². The van der Waals surface area contributed by atoms with Crippen LogP contribution in [0.3, 0.4) is 0 Å². The second-order valence-electron chi connectivity index (χ2n) is 4.18. The van der Waals surface area contributed by atoms with Gasteiger partial charge in [-0.05, 0) is 30.4 Å². The molecule has 0 amide bonds. The highest BCUT2D eigenvalue weighted by Gasteiger charge is 2.27. The molecule has 0 aromatic heterocycles. The van der Waals surface area contributed by atoms with Gasteiger partial charge in [0.1, 0.15) is 0 Å². The van der Waals surface area contributed by atoms with Gasteiger partial charge in [-0.1, -0.05) is 18.0 Å². The Morgan fingerprint density at radius 2 is 2.12 bits per heavy atom. The summed E-state index contributed by atoms with van der Waals surface area (Å²) in [5.74, 6) is 0.416. The molecule has 1 fully saturated rings. The van der Waals surface area contributed by atoms with E-state index >= 15 is 0 Å². The van der Waals surface area contributed by atoms with E-state index in [0.29, 0.717) is 16.5 Å². The van der Waals surface area contributed by atoms with E-state index in [-0.39, 0.29) is 24.1 Å². The van der Waals surface area contributed by atoms with E-state index in [0.717, 1.165) is 12.8 Å². The van der Waals surface area contributed by atoms with Crippen LogP contribution in [0.4, 0.5) is 5.69 Å². The number of hydrogen-bond acceptors (Lipinski definition) is 3. The summed E-state index contributed by atoms with van der Waals surface area (Å²) in [5, 5.41) is 11.2. The standard InChI is InChI=1S/C11H13ClN2O2.ClH/c12-10-5-4-8(14(15)16)6-9(10)11(13)7-2-1-3-7;/h4-7,11H,1-3,13H2;1H/t11-;/m0./s1. The van der Waals surface area contributed by atoms with Crippen molar-refractivity contribution in [1.82, 2.24) is 0 Å². The van der Waals surface area contributed by atoms with Gasteiger partial charge in [0.2, 0.25) is 0 Å². The Kier molecular flexibility index (Phi) is 4.74. The number of nitrogens with zero attached hydrogens (tertiary/aromatic N) is 1. The zero-order chi connectivity index (χ0) is 11.7. The minimum absolute atomic E-state index is 0. The van der Waals surface area contributed by atoms with E-state index in [1.54, 1.807) is 6.07 Å². The lowest BCUT2D eigenvalue weighted by Gasteiger charge is -2.31. The Morgan fingerprint density at radius 3 is 2.59 bits per heavy atom. The van der Waals surface area contributed by atoms with E-state index in [4.69, 9.17) is 17.3 Å². The monoisotopic (exact) mass is 276 g/mol.